The molecule has 0 aliphatic carbocycles. The van der Waals surface area contributed by atoms with Gasteiger partial charge in [0.15, 0.2) is 0 Å². The second-order valence-corrected chi connectivity index (χ2v) is 5.89. The fourth-order valence-corrected chi connectivity index (χ4v) is 2.82. The average molecular weight is 314 g/mol. The molecule has 0 fully saturated rings. The number of aliphatic carboxylic acids is 1. The first-order chi connectivity index (χ1) is 9.86. The number of carboxylic acids is 1. The molecule has 0 aliphatic rings. The Balaban J connectivity index is 2.58. The van der Waals surface area contributed by atoms with Crippen LogP contribution in [0.3, 0.4) is 0 Å². The van der Waals surface area contributed by atoms with Crippen molar-refractivity contribution in [3.05, 3.63) is 20.7 Å². The zero-order valence-corrected chi connectivity index (χ0v) is 13.5. The molecule has 1 amide bonds. The molecule has 7 heteroatoms. The number of hydrogen-bond donors (Lipinski definition) is 1. The zero-order chi connectivity index (χ0) is 16.0. The highest BCUT2D eigenvalue weighted by atomic mass is 32.1. The number of carboxylic acid groups (broad SMARTS) is 1. The molecule has 0 saturated carbocycles. The Morgan fingerprint density at radius 2 is 2.14 bits per heavy atom. The van der Waals surface area contributed by atoms with Crippen LogP contribution >= 0.6 is 11.3 Å². The molecule has 1 aromatic rings. The highest BCUT2D eigenvalue weighted by Crippen LogP contribution is 2.09. The van der Waals surface area contributed by atoms with E-state index in [1.165, 1.54) is 4.90 Å². The second kappa shape index (κ2) is 7.97. The van der Waals surface area contributed by atoms with Crippen LogP contribution in [-0.4, -0.2) is 39.0 Å². The van der Waals surface area contributed by atoms with Crippen LogP contribution in [0.2, 0.25) is 0 Å². The lowest BCUT2D eigenvalue weighted by Gasteiger charge is -2.27. The molecule has 1 heterocycles. The maximum absolute atomic E-state index is 12.2. The first-order valence-electron chi connectivity index (χ1n) is 7.03. The molecule has 1 N–H and O–H groups in total. The highest BCUT2D eigenvalue weighted by Gasteiger charge is 2.21. The van der Waals surface area contributed by atoms with E-state index in [1.54, 1.807) is 9.95 Å². The third-order valence-electron chi connectivity index (χ3n) is 3.50. The van der Waals surface area contributed by atoms with E-state index >= 15 is 0 Å². The summed E-state index contributed by atoms with van der Waals surface area (Å²) in [6.07, 6.45) is 1.49. The quantitative estimate of drug-likeness (QED) is 0.792. The van der Waals surface area contributed by atoms with E-state index in [0.717, 1.165) is 17.0 Å². The molecule has 6 nitrogen and oxygen atoms in total. The summed E-state index contributed by atoms with van der Waals surface area (Å²) in [5.41, 5.74) is 0.891. The standard InChI is InChI=1S/C14H22N2O4S/c1-4-10(2)16(8-13(18)19)12(17)6-5-7-15-11(3)9-21-14(15)20/h9-10H,4-8H2,1-3H3,(H,18,19). The minimum Gasteiger partial charge on any atom is -0.480 e. The molecule has 21 heavy (non-hydrogen) atoms. The van der Waals surface area contributed by atoms with Crippen molar-refractivity contribution >= 4 is 23.2 Å². The monoisotopic (exact) mass is 314 g/mol. The fraction of sp³-hybridized carbons (Fsp3) is 0.643. The van der Waals surface area contributed by atoms with Gasteiger partial charge in [-0.05, 0) is 26.7 Å². The number of aryl methyl sites for hydroxylation is 1. The fourth-order valence-electron chi connectivity index (χ4n) is 2.06. The summed E-state index contributed by atoms with van der Waals surface area (Å²) in [5.74, 6) is -1.18. The van der Waals surface area contributed by atoms with E-state index in [4.69, 9.17) is 5.11 Å². The van der Waals surface area contributed by atoms with Crippen LogP contribution in [-0.2, 0) is 16.1 Å². The molecule has 1 rings (SSSR count). The minimum absolute atomic E-state index is 0.0238. The van der Waals surface area contributed by atoms with Crippen molar-refractivity contribution in [3.63, 3.8) is 0 Å². The lowest BCUT2D eigenvalue weighted by Crippen LogP contribution is -2.41. The van der Waals surface area contributed by atoms with E-state index < -0.39 is 5.97 Å². The van der Waals surface area contributed by atoms with Gasteiger partial charge in [-0.2, -0.15) is 0 Å². The number of rotatable bonds is 8. The molecule has 0 aliphatic heterocycles. The molecule has 1 atom stereocenters. The normalized spacial score (nSPS) is 12.1. The Bertz CT molecular complexity index is 549. The van der Waals surface area contributed by atoms with Crippen LogP contribution in [0, 0.1) is 6.92 Å². The van der Waals surface area contributed by atoms with E-state index in [-0.39, 0.29) is 29.8 Å². The Kier molecular flexibility index (Phi) is 6.61. The SMILES string of the molecule is CCC(C)N(CC(=O)O)C(=O)CCCn1c(C)csc1=O. The van der Waals surface area contributed by atoms with Crippen LogP contribution in [0.5, 0.6) is 0 Å². The molecule has 1 aromatic heterocycles. The number of thiazole rings is 1. The van der Waals surface area contributed by atoms with Gasteiger partial charge in [0.1, 0.15) is 6.54 Å². The van der Waals surface area contributed by atoms with Crippen LogP contribution in [0.15, 0.2) is 10.2 Å². The lowest BCUT2D eigenvalue weighted by molar-refractivity contribution is -0.146. The van der Waals surface area contributed by atoms with Crippen molar-refractivity contribution in [2.75, 3.05) is 6.54 Å². The maximum atomic E-state index is 12.2. The van der Waals surface area contributed by atoms with Gasteiger partial charge in [0.2, 0.25) is 5.91 Å². The summed E-state index contributed by atoms with van der Waals surface area (Å²) in [5, 5.41) is 10.7. The van der Waals surface area contributed by atoms with E-state index in [1.807, 2.05) is 20.8 Å². The summed E-state index contributed by atoms with van der Waals surface area (Å²) >= 11 is 1.15. The minimum atomic E-state index is -1.01. The van der Waals surface area contributed by atoms with Crippen molar-refractivity contribution in [1.82, 2.24) is 9.47 Å². The summed E-state index contributed by atoms with van der Waals surface area (Å²) in [6, 6.07) is -0.0980. The van der Waals surface area contributed by atoms with Gasteiger partial charge in [-0.1, -0.05) is 18.3 Å². The second-order valence-electron chi connectivity index (χ2n) is 5.07. The molecule has 0 radical (unpaired) electrons. The largest absolute Gasteiger partial charge is 0.480 e. The maximum Gasteiger partial charge on any atom is 0.323 e. The van der Waals surface area contributed by atoms with Gasteiger partial charge in [0.05, 0.1) is 0 Å². The number of nitrogens with zero attached hydrogens (tertiary/aromatic N) is 2. The predicted molar refractivity (Wildman–Crippen MR) is 81.7 cm³/mol. The molecular formula is C14H22N2O4S. The van der Waals surface area contributed by atoms with Crippen molar-refractivity contribution in [1.29, 1.82) is 0 Å². The Morgan fingerprint density at radius 3 is 2.62 bits per heavy atom. The lowest BCUT2D eigenvalue weighted by atomic mass is 10.2. The van der Waals surface area contributed by atoms with Gasteiger partial charge in [-0.15, -0.1) is 0 Å². The molecule has 0 aromatic carbocycles. The number of hydrogen-bond acceptors (Lipinski definition) is 4. The number of amides is 1. The van der Waals surface area contributed by atoms with Gasteiger partial charge in [-0.3, -0.25) is 14.4 Å². The molecule has 0 bridgehead atoms. The summed E-state index contributed by atoms with van der Waals surface area (Å²) in [6.45, 7) is 5.83. The van der Waals surface area contributed by atoms with Gasteiger partial charge in [0.25, 0.3) is 0 Å². The average Bonchev–Trinajstić information content (AvgIpc) is 2.75. The van der Waals surface area contributed by atoms with Gasteiger partial charge in [-0.25, -0.2) is 0 Å². The molecule has 0 spiro atoms. The molecule has 0 saturated heterocycles. The third-order valence-corrected chi connectivity index (χ3v) is 4.38. The summed E-state index contributed by atoms with van der Waals surface area (Å²) in [7, 11) is 0. The van der Waals surface area contributed by atoms with Crippen molar-refractivity contribution in [2.24, 2.45) is 0 Å². The Morgan fingerprint density at radius 1 is 1.48 bits per heavy atom. The Labute approximate surface area is 128 Å². The van der Waals surface area contributed by atoms with Crippen molar-refractivity contribution in [3.8, 4) is 0 Å². The predicted octanol–water partition coefficient (Wildman–Crippen LogP) is 1.71. The first-order valence-corrected chi connectivity index (χ1v) is 7.91. The highest BCUT2D eigenvalue weighted by molar-refractivity contribution is 7.07. The van der Waals surface area contributed by atoms with Crippen LogP contribution < -0.4 is 4.87 Å². The molecular weight excluding hydrogens is 292 g/mol. The summed E-state index contributed by atoms with van der Waals surface area (Å²) < 4.78 is 1.64. The van der Waals surface area contributed by atoms with Crippen molar-refractivity contribution < 1.29 is 14.7 Å². The van der Waals surface area contributed by atoms with Gasteiger partial charge >= 0.3 is 10.8 Å². The van der Waals surface area contributed by atoms with Crippen LogP contribution in [0.25, 0.3) is 0 Å². The van der Waals surface area contributed by atoms with Gasteiger partial charge in [0, 0.05) is 30.1 Å². The van der Waals surface area contributed by atoms with Crippen molar-refractivity contribution in [2.45, 2.75) is 52.6 Å². The van der Waals surface area contributed by atoms with E-state index in [2.05, 4.69) is 0 Å². The zero-order valence-electron chi connectivity index (χ0n) is 12.7. The van der Waals surface area contributed by atoms with Gasteiger partial charge < -0.3 is 14.6 Å². The first kappa shape index (κ1) is 17.4. The third kappa shape index (κ3) is 5.00. The van der Waals surface area contributed by atoms with Crippen LogP contribution in [0.1, 0.15) is 38.8 Å². The molecule has 118 valence electrons. The smallest absolute Gasteiger partial charge is 0.323 e. The molecule has 1 unspecified atom stereocenters. The number of carbonyl (C=O) groups excluding carboxylic acids is 1. The van der Waals surface area contributed by atoms with Crippen LogP contribution in [0.4, 0.5) is 0 Å². The number of aromatic nitrogens is 1. The number of carbonyl (C=O) groups is 2. The summed E-state index contributed by atoms with van der Waals surface area (Å²) in [4.78, 5) is 35.9. The Hall–Kier alpha value is -1.63. The van der Waals surface area contributed by atoms with E-state index in [0.29, 0.717) is 19.4 Å². The van der Waals surface area contributed by atoms with E-state index in [9.17, 15) is 14.4 Å². The topological polar surface area (TPSA) is 79.6 Å².